The lowest BCUT2D eigenvalue weighted by atomic mass is 10.2. The van der Waals surface area contributed by atoms with Crippen molar-refractivity contribution in [3.05, 3.63) is 90.3 Å². The fourth-order valence-corrected chi connectivity index (χ4v) is 3.83. The molecule has 7 heteroatoms. The summed E-state index contributed by atoms with van der Waals surface area (Å²) in [6.07, 6.45) is 0. The average Bonchev–Trinajstić information content (AvgIpc) is 2.63. The predicted molar refractivity (Wildman–Crippen MR) is 121 cm³/mol. The Morgan fingerprint density at radius 2 is 1.50 bits per heavy atom. The van der Waals surface area contributed by atoms with Crippen LogP contribution in [0.5, 0.6) is 5.75 Å². The third-order valence-corrected chi connectivity index (χ3v) is 5.67. The van der Waals surface area contributed by atoms with Crippen LogP contribution in [0.2, 0.25) is 25.1 Å². The van der Waals surface area contributed by atoms with E-state index in [1.807, 2.05) is 37.3 Å². The molecule has 3 rings (SSSR count). The van der Waals surface area contributed by atoms with Crippen molar-refractivity contribution >= 4 is 63.7 Å². The number of anilines is 1. The third kappa shape index (κ3) is 5.40. The first kappa shape index (κ1) is 21.4. The van der Waals surface area contributed by atoms with Crippen LogP contribution in [0.15, 0.2) is 48.5 Å². The van der Waals surface area contributed by atoms with E-state index in [4.69, 9.17) is 62.7 Å². The fourth-order valence-electron chi connectivity index (χ4n) is 2.55. The molecular weight excluding hydrogens is 460 g/mol. The van der Waals surface area contributed by atoms with Crippen LogP contribution in [-0.4, -0.2) is 0 Å². The molecule has 0 aliphatic rings. The summed E-state index contributed by atoms with van der Waals surface area (Å²) in [5, 5.41) is 5.96. The molecule has 0 spiro atoms. The van der Waals surface area contributed by atoms with E-state index in [1.165, 1.54) is 0 Å². The number of hydrogen-bond donors (Lipinski definition) is 1. The second-order valence-corrected chi connectivity index (χ2v) is 8.30. The average molecular weight is 476 g/mol. The van der Waals surface area contributed by atoms with Crippen molar-refractivity contribution in [1.29, 1.82) is 0 Å². The van der Waals surface area contributed by atoms with Crippen molar-refractivity contribution in [3.63, 3.8) is 0 Å². The number of ether oxygens (including phenoxy) is 1. The zero-order chi connectivity index (χ0) is 20.3. The van der Waals surface area contributed by atoms with Crippen molar-refractivity contribution < 1.29 is 4.74 Å². The van der Waals surface area contributed by atoms with E-state index in [-0.39, 0.29) is 6.61 Å². The van der Waals surface area contributed by atoms with Gasteiger partial charge in [-0.2, -0.15) is 0 Å². The number of nitrogens with one attached hydrogen (secondary N) is 1. The first-order valence-corrected chi connectivity index (χ1v) is 10.3. The van der Waals surface area contributed by atoms with Crippen LogP contribution in [0.1, 0.15) is 16.7 Å². The molecule has 0 fully saturated rings. The molecule has 28 heavy (non-hydrogen) atoms. The van der Waals surface area contributed by atoms with Crippen molar-refractivity contribution in [3.8, 4) is 5.75 Å². The van der Waals surface area contributed by atoms with Gasteiger partial charge in [-0.3, -0.25) is 0 Å². The van der Waals surface area contributed by atoms with Gasteiger partial charge in [0.25, 0.3) is 0 Å². The summed E-state index contributed by atoms with van der Waals surface area (Å²) in [5.41, 5.74) is 3.66. The molecule has 0 saturated heterocycles. The van der Waals surface area contributed by atoms with Crippen LogP contribution in [0, 0.1) is 6.92 Å². The van der Waals surface area contributed by atoms with Crippen LogP contribution >= 0.6 is 58.0 Å². The van der Waals surface area contributed by atoms with Crippen molar-refractivity contribution in [2.45, 2.75) is 20.1 Å². The number of hydrogen-bond acceptors (Lipinski definition) is 2. The Balaban J connectivity index is 1.68. The lowest BCUT2D eigenvalue weighted by molar-refractivity contribution is 0.306. The lowest BCUT2D eigenvalue weighted by Crippen LogP contribution is -2.02. The first-order valence-electron chi connectivity index (χ1n) is 8.38. The maximum atomic E-state index is 6.38. The summed E-state index contributed by atoms with van der Waals surface area (Å²) in [4.78, 5) is 0. The van der Waals surface area contributed by atoms with Gasteiger partial charge in [0.1, 0.15) is 6.61 Å². The van der Waals surface area contributed by atoms with Crippen LogP contribution in [0.4, 0.5) is 5.69 Å². The van der Waals surface area contributed by atoms with Crippen molar-refractivity contribution in [2.24, 2.45) is 0 Å². The zero-order valence-electron chi connectivity index (χ0n) is 14.8. The summed E-state index contributed by atoms with van der Waals surface area (Å²) in [6, 6.07) is 14.7. The van der Waals surface area contributed by atoms with Gasteiger partial charge in [-0.15, -0.1) is 0 Å². The van der Waals surface area contributed by atoms with Gasteiger partial charge in [-0.25, -0.2) is 0 Å². The molecule has 3 aromatic carbocycles. The fraction of sp³-hybridized carbons (Fsp3) is 0.143. The molecule has 0 saturated carbocycles. The highest BCUT2D eigenvalue weighted by molar-refractivity contribution is 6.37. The summed E-state index contributed by atoms with van der Waals surface area (Å²) in [6.45, 7) is 2.73. The summed E-state index contributed by atoms with van der Waals surface area (Å²) < 4.78 is 5.79. The normalized spacial score (nSPS) is 10.8. The minimum atomic E-state index is 0.231. The molecular formula is C21H16Cl5NO. The highest BCUT2D eigenvalue weighted by atomic mass is 35.5. The van der Waals surface area contributed by atoms with Crippen molar-refractivity contribution in [1.82, 2.24) is 0 Å². The topological polar surface area (TPSA) is 21.3 Å². The molecule has 0 amide bonds. The maximum Gasteiger partial charge on any atom is 0.156 e. The molecule has 0 atom stereocenters. The molecule has 3 aromatic rings. The Hall–Kier alpha value is -1.29. The zero-order valence-corrected chi connectivity index (χ0v) is 18.6. The lowest BCUT2D eigenvalue weighted by Gasteiger charge is -2.14. The van der Waals surface area contributed by atoms with Gasteiger partial charge in [0.2, 0.25) is 0 Å². The van der Waals surface area contributed by atoms with Gasteiger partial charge in [-0.05, 0) is 54.4 Å². The SMILES string of the molecule is Cc1ccc(NCc2cc(Cl)c(OCc3ccc(Cl)cc3Cl)c(Cl)c2)cc1Cl. The Bertz CT molecular complexity index is 983. The van der Waals surface area contributed by atoms with Crippen LogP contribution in [0.25, 0.3) is 0 Å². The van der Waals surface area contributed by atoms with E-state index < -0.39 is 0 Å². The van der Waals surface area contributed by atoms with Gasteiger partial charge in [0.15, 0.2) is 5.75 Å². The molecule has 0 aliphatic heterocycles. The molecule has 0 bridgehead atoms. The number of aryl methyl sites for hydroxylation is 1. The van der Waals surface area contributed by atoms with Gasteiger partial charge in [-0.1, -0.05) is 70.1 Å². The van der Waals surface area contributed by atoms with Gasteiger partial charge in [0, 0.05) is 32.9 Å². The second kappa shape index (κ2) is 9.47. The third-order valence-electron chi connectivity index (χ3n) is 4.11. The molecule has 0 radical (unpaired) electrons. The molecule has 2 nitrogen and oxygen atoms in total. The predicted octanol–water partition coefficient (Wildman–Crippen LogP) is 8.45. The van der Waals surface area contributed by atoms with Gasteiger partial charge in [0.05, 0.1) is 10.0 Å². The summed E-state index contributed by atoms with van der Waals surface area (Å²) >= 11 is 31.0. The molecule has 1 N–H and O–H groups in total. The Morgan fingerprint density at radius 3 is 2.14 bits per heavy atom. The van der Waals surface area contributed by atoms with E-state index >= 15 is 0 Å². The molecule has 0 aromatic heterocycles. The quantitative estimate of drug-likeness (QED) is 0.386. The Kier molecular flexibility index (Phi) is 7.25. The molecule has 0 aliphatic carbocycles. The molecule has 146 valence electrons. The smallest absolute Gasteiger partial charge is 0.156 e. The molecule has 0 unspecified atom stereocenters. The summed E-state index contributed by atoms with van der Waals surface area (Å²) in [7, 11) is 0. The van der Waals surface area contributed by atoms with E-state index in [2.05, 4.69) is 5.32 Å². The standard InChI is InChI=1S/C21H16Cl5NO/c1-12-2-5-16(9-17(12)23)27-10-13-6-19(25)21(20(26)7-13)28-11-14-3-4-15(22)8-18(14)24/h2-9,27H,10-11H2,1H3. The number of benzene rings is 3. The van der Waals surface area contributed by atoms with E-state index in [1.54, 1.807) is 18.2 Å². The van der Waals surface area contributed by atoms with Gasteiger partial charge < -0.3 is 10.1 Å². The Labute approximate surface area is 189 Å². The largest absolute Gasteiger partial charge is 0.486 e. The summed E-state index contributed by atoms with van der Waals surface area (Å²) in [5.74, 6) is 0.413. The number of rotatable bonds is 6. The van der Waals surface area contributed by atoms with E-state index in [0.29, 0.717) is 37.4 Å². The monoisotopic (exact) mass is 473 g/mol. The van der Waals surface area contributed by atoms with Crippen LogP contribution < -0.4 is 10.1 Å². The Morgan fingerprint density at radius 1 is 0.786 bits per heavy atom. The highest BCUT2D eigenvalue weighted by Gasteiger charge is 2.12. The second-order valence-electron chi connectivity index (χ2n) is 6.23. The van der Waals surface area contributed by atoms with E-state index in [0.717, 1.165) is 22.4 Å². The van der Waals surface area contributed by atoms with Crippen molar-refractivity contribution in [2.75, 3.05) is 5.32 Å². The minimum absolute atomic E-state index is 0.231. The maximum absolute atomic E-state index is 6.38. The molecule has 0 heterocycles. The number of halogens is 5. The van der Waals surface area contributed by atoms with Gasteiger partial charge >= 0.3 is 0 Å². The van der Waals surface area contributed by atoms with Crippen LogP contribution in [-0.2, 0) is 13.2 Å². The van der Waals surface area contributed by atoms with Crippen LogP contribution in [0.3, 0.4) is 0 Å². The first-order chi connectivity index (χ1) is 13.3. The minimum Gasteiger partial charge on any atom is -0.486 e. The van der Waals surface area contributed by atoms with E-state index in [9.17, 15) is 0 Å². The highest BCUT2D eigenvalue weighted by Crippen LogP contribution is 2.35.